The molecule has 150 valence electrons. The molecule has 0 saturated heterocycles. The zero-order valence-electron chi connectivity index (χ0n) is 16.2. The maximum atomic E-state index is 13.6. The van der Waals surface area contributed by atoms with Gasteiger partial charge in [-0.1, -0.05) is 25.1 Å². The van der Waals surface area contributed by atoms with Crippen LogP contribution in [0.5, 0.6) is 0 Å². The quantitative estimate of drug-likeness (QED) is 0.503. The van der Waals surface area contributed by atoms with E-state index >= 15 is 0 Å². The number of aromatic nitrogens is 2. The van der Waals surface area contributed by atoms with Crippen molar-refractivity contribution in [3.63, 3.8) is 0 Å². The first-order chi connectivity index (χ1) is 13.9. The van der Waals surface area contributed by atoms with Crippen molar-refractivity contribution in [1.29, 1.82) is 0 Å². The lowest BCUT2D eigenvalue weighted by molar-refractivity contribution is -0.142. The third kappa shape index (κ3) is 4.00. The molecular weight excluding hydrogens is 391 g/mol. The molecule has 2 heterocycles. The fraction of sp³-hybridized carbons (Fsp3) is 0.318. The third-order valence-electron chi connectivity index (χ3n) is 5.17. The summed E-state index contributed by atoms with van der Waals surface area (Å²) in [5.41, 5.74) is 1.21. The van der Waals surface area contributed by atoms with Crippen LogP contribution in [-0.4, -0.2) is 15.9 Å². The summed E-state index contributed by atoms with van der Waals surface area (Å²) in [6.45, 7) is 3.86. The highest BCUT2D eigenvalue weighted by Crippen LogP contribution is 2.35. The van der Waals surface area contributed by atoms with Gasteiger partial charge in [0.05, 0.1) is 5.39 Å². The number of hydrogen-bond acceptors (Lipinski definition) is 5. The summed E-state index contributed by atoms with van der Waals surface area (Å²) in [7, 11) is 0. The summed E-state index contributed by atoms with van der Waals surface area (Å²) in [5, 5.41) is 0.665. The highest BCUT2D eigenvalue weighted by molar-refractivity contribution is 7.18. The Morgan fingerprint density at radius 2 is 2.21 bits per heavy atom. The number of benzene rings is 1. The van der Waals surface area contributed by atoms with Gasteiger partial charge in [0, 0.05) is 16.5 Å². The van der Waals surface area contributed by atoms with Crippen LogP contribution in [0.2, 0.25) is 0 Å². The number of ether oxygens (including phenoxy) is 1. The molecule has 0 unspecified atom stereocenters. The lowest BCUT2D eigenvalue weighted by Crippen LogP contribution is -2.17. The van der Waals surface area contributed by atoms with Crippen LogP contribution in [-0.2, 0) is 22.4 Å². The van der Waals surface area contributed by atoms with Crippen LogP contribution >= 0.6 is 11.3 Å². The Bertz CT molecular complexity index is 1160. The molecule has 7 heteroatoms. The van der Waals surface area contributed by atoms with Gasteiger partial charge in [0.25, 0.3) is 5.56 Å². The second-order valence-corrected chi connectivity index (χ2v) is 8.50. The molecular formula is C22H21FN2O3S. The lowest BCUT2D eigenvalue weighted by Gasteiger charge is -2.17. The van der Waals surface area contributed by atoms with E-state index in [1.165, 1.54) is 17.0 Å². The third-order valence-corrected chi connectivity index (χ3v) is 6.31. The first-order valence-electron chi connectivity index (χ1n) is 9.60. The van der Waals surface area contributed by atoms with E-state index in [9.17, 15) is 14.0 Å². The van der Waals surface area contributed by atoms with Gasteiger partial charge < -0.3 is 9.72 Å². The number of nitrogens with zero attached hydrogens (tertiary/aromatic N) is 1. The summed E-state index contributed by atoms with van der Waals surface area (Å²) in [6, 6.07) is 6.14. The predicted molar refractivity (Wildman–Crippen MR) is 111 cm³/mol. The highest BCUT2D eigenvalue weighted by Gasteiger charge is 2.24. The number of esters is 1. The molecule has 0 amide bonds. The van der Waals surface area contributed by atoms with Crippen molar-refractivity contribution in [2.75, 3.05) is 0 Å². The molecule has 0 spiro atoms. The number of hydrogen-bond donors (Lipinski definition) is 1. The van der Waals surface area contributed by atoms with Crippen LogP contribution in [0.4, 0.5) is 4.39 Å². The molecule has 29 heavy (non-hydrogen) atoms. The minimum Gasteiger partial charge on any atom is -0.451 e. The van der Waals surface area contributed by atoms with Crippen LogP contribution in [0, 0.1) is 11.7 Å². The van der Waals surface area contributed by atoms with Gasteiger partial charge in [0.2, 0.25) is 0 Å². The maximum absolute atomic E-state index is 13.6. The van der Waals surface area contributed by atoms with Gasteiger partial charge in [-0.15, -0.1) is 11.3 Å². The van der Waals surface area contributed by atoms with Crippen molar-refractivity contribution in [2.45, 2.75) is 39.2 Å². The summed E-state index contributed by atoms with van der Waals surface area (Å²) in [5.74, 6) is -0.142. The molecule has 0 radical (unpaired) electrons. The van der Waals surface area contributed by atoms with E-state index in [0.717, 1.165) is 30.9 Å². The summed E-state index contributed by atoms with van der Waals surface area (Å²) >= 11 is 1.55. The van der Waals surface area contributed by atoms with E-state index < -0.39 is 17.9 Å². The summed E-state index contributed by atoms with van der Waals surface area (Å²) in [6.07, 6.45) is 4.72. The second kappa shape index (κ2) is 7.91. The number of nitrogens with one attached hydrogen (secondary N) is 1. The molecule has 2 atom stereocenters. The molecule has 1 aromatic carbocycles. The van der Waals surface area contributed by atoms with Gasteiger partial charge in [0.15, 0.2) is 11.9 Å². The number of halogens is 1. The molecule has 0 fully saturated rings. The maximum Gasteiger partial charge on any atom is 0.331 e. The minimum absolute atomic E-state index is 0.193. The first-order valence-corrected chi connectivity index (χ1v) is 10.4. The number of H-pyrrole nitrogens is 1. The molecule has 5 nitrogen and oxygen atoms in total. The first kappa shape index (κ1) is 19.5. The number of thiophene rings is 1. The van der Waals surface area contributed by atoms with Crippen LogP contribution in [0.25, 0.3) is 16.3 Å². The van der Waals surface area contributed by atoms with E-state index in [1.54, 1.807) is 36.5 Å². The number of carbonyl (C=O) groups is 1. The Kier molecular flexibility index (Phi) is 5.32. The van der Waals surface area contributed by atoms with Crippen molar-refractivity contribution in [2.24, 2.45) is 5.92 Å². The molecule has 1 aliphatic rings. The zero-order chi connectivity index (χ0) is 20.5. The van der Waals surface area contributed by atoms with E-state index in [4.69, 9.17) is 4.74 Å². The Balaban J connectivity index is 1.54. The van der Waals surface area contributed by atoms with Gasteiger partial charge in [-0.2, -0.15) is 0 Å². The molecule has 3 aromatic rings. The van der Waals surface area contributed by atoms with E-state index in [1.807, 2.05) is 0 Å². The van der Waals surface area contributed by atoms with Crippen molar-refractivity contribution in [3.8, 4) is 0 Å². The van der Waals surface area contributed by atoms with E-state index in [2.05, 4.69) is 16.9 Å². The number of carbonyl (C=O) groups excluding carboxylic acids is 1. The van der Waals surface area contributed by atoms with Crippen molar-refractivity contribution < 1.29 is 13.9 Å². The Morgan fingerprint density at radius 1 is 1.41 bits per heavy atom. The molecule has 2 aromatic heterocycles. The molecule has 1 N–H and O–H groups in total. The van der Waals surface area contributed by atoms with Crippen molar-refractivity contribution >= 4 is 33.6 Å². The topological polar surface area (TPSA) is 72.0 Å². The van der Waals surface area contributed by atoms with E-state index in [0.29, 0.717) is 27.5 Å². The largest absolute Gasteiger partial charge is 0.451 e. The fourth-order valence-corrected chi connectivity index (χ4v) is 4.99. The van der Waals surface area contributed by atoms with Crippen LogP contribution in [0.15, 0.2) is 35.1 Å². The molecule has 4 rings (SSSR count). The normalized spacial score (nSPS) is 17.4. The van der Waals surface area contributed by atoms with Crippen LogP contribution in [0.3, 0.4) is 0 Å². The lowest BCUT2D eigenvalue weighted by atomic mass is 9.89. The average Bonchev–Trinajstić information content (AvgIpc) is 3.05. The minimum atomic E-state index is -0.733. The SMILES string of the molecule is C[C@@H]1CCc2c(sc3nc([C@H](C)OC(=O)/C=C/c4ccccc4F)[nH]c(=O)c23)C1. The Morgan fingerprint density at radius 3 is 3.00 bits per heavy atom. The highest BCUT2D eigenvalue weighted by atomic mass is 32.1. The standard InChI is InChI=1S/C22H21FN2O3S/c1-12-7-9-15-17(11-12)29-22-19(15)21(27)24-20(25-22)13(2)28-18(26)10-8-14-5-3-4-6-16(14)23/h3-6,8,10,12-13H,7,9,11H2,1-2H3,(H,24,25,27)/b10-8+/t12-,13+/m1/s1. The number of rotatable bonds is 4. The zero-order valence-corrected chi connectivity index (χ0v) is 17.0. The molecule has 0 bridgehead atoms. The molecule has 0 aliphatic heterocycles. The Hall–Kier alpha value is -2.80. The summed E-state index contributed by atoms with van der Waals surface area (Å²) < 4.78 is 19.0. The Labute approximate surface area is 171 Å². The number of aromatic amines is 1. The average molecular weight is 412 g/mol. The molecule has 1 aliphatic carbocycles. The van der Waals surface area contributed by atoms with Gasteiger partial charge in [-0.05, 0) is 49.8 Å². The van der Waals surface area contributed by atoms with Crippen LogP contribution < -0.4 is 5.56 Å². The predicted octanol–water partition coefficient (Wildman–Crippen LogP) is 4.57. The van der Waals surface area contributed by atoms with Gasteiger partial charge in [-0.25, -0.2) is 14.2 Å². The smallest absolute Gasteiger partial charge is 0.331 e. The van der Waals surface area contributed by atoms with Gasteiger partial charge in [-0.3, -0.25) is 4.79 Å². The van der Waals surface area contributed by atoms with Crippen LogP contribution in [0.1, 0.15) is 48.2 Å². The number of fused-ring (bicyclic) bond motifs is 3. The second-order valence-electron chi connectivity index (χ2n) is 7.42. The monoisotopic (exact) mass is 412 g/mol. The van der Waals surface area contributed by atoms with Crippen molar-refractivity contribution in [3.05, 3.63) is 68.3 Å². The number of aryl methyl sites for hydroxylation is 1. The summed E-state index contributed by atoms with van der Waals surface area (Å²) in [4.78, 5) is 34.0. The van der Waals surface area contributed by atoms with Crippen molar-refractivity contribution in [1.82, 2.24) is 9.97 Å². The van der Waals surface area contributed by atoms with Gasteiger partial charge >= 0.3 is 5.97 Å². The molecule has 0 saturated carbocycles. The van der Waals surface area contributed by atoms with Gasteiger partial charge in [0.1, 0.15) is 10.6 Å². The fourth-order valence-electron chi connectivity index (χ4n) is 3.60. The van der Waals surface area contributed by atoms with E-state index in [-0.39, 0.29) is 5.56 Å².